The van der Waals surface area contributed by atoms with E-state index in [1.54, 1.807) is 0 Å². The lowest BCUT2D eigenvalue weighted by molar-refractivity contribution is -0.138. The van der Waals surface area contributed by atoms with Crippen LogP contribution in [0.1, 0.15) is 44.2 Å². The molecule has 3 aromatic rings. The van der Waals surface area contributed by atoms with Gasteiger partial charge in [0.25, 0.3) is 0 Å². The maximum Gasteiger partial charge on any atom is 0.326 e. The number of para-hydroxylation sites is 2. The van der Waals surface area contributed by atoms with Crippen molar-refractivity contribution in [1.82, 2.24) is 19.4 Å². The third kappa shape index (κ3) is 4.62. The van der Waals surface area contributed by atoms with Crippen molar-refractivity contribution in [3.63, 3.8) is 0 Å². The monoisotopic (exact) mass is 446 g/mol. The Balaban J connectivity index is 1.14. The van der Waals surface area contributed by atoms with Crippen LogP contribution in [0.15, 0.2) is 59.4 Å². The molecule has 0 aliphatic carbocycles. The van der Waals surface area contributed by atoms with E-state index in [0.29, 0.717) is 5.92 Å². The molecule has 174 valence electrons. The van der Waals surface area contributed by atoms with E-state index in [0.717, 1.165) is 69.3 Å². The first-order valence-corrected chi connectivity index (χ1v) is 12.4. The number of nitrogens with one attached hydrogen (secondary N) is 1. The summed E-state index contributed by atoms with van der Waals surface area (Å²) in [7, 11) is 0. The molecule has 0 unspecified atom stereocenters. The number of aromatic amines is 1. The third-order valence-corrected chi connectivity index (χ3v) is 7.69. The maximum absolute atomic E-state index is 13.2. The summed E-state index contributed by atoms with van der Waals surface area (Å²) in [6.07, 6.45) is 5.05. The second-order valence-corrected chi connectivity index (χ2v) is 9.72. The molecule has 2 aliphatic heterocycles. The number of nitrogens with zero attached hydrogens (tertiary/aromatic N) is 3. The van der Waals surface area contributed by atoms with Crippen LogP contribution in [-0.4, -0.2) is 57.5 Å². The van der Waals surface area contributed by atoms with Crippen LogP contribution in [0, 0.1) is 5.92 Å². The van der Waals surface area contributed by atoms with Crippen LogP contribution in [0.3, 0.4) is 0 Å². The van der Waals surface area contributed by atoms with E-state index in [1.165, 1.54) is 5.56 Å². The van der Waals surface area contributed by atoms with E-state index in [4.69, 9.17) is 0 Å². The van der Waals surface area contributed by atoms with Crippen LogP contribution in [0.5, 0.6) is 0 Å². The highest BCUT2D eigenvalue weighted by Crippen LogP contribution is 2.27. The van der Waals surface area contributed by atoms with Crippen molar-refractivity contribution < 1.29 is 4.79 Å². The zero-order valence-corrected chi connectivity index (χ0v) is 19.5. The molecule has 1 aromatic heterocycles. The summed E-state index contributed by atoms with van der Waals surface area (Å²) < 4.78 is 1.91. The Morgan fingerprint density at radius 3 is 2.33 bits per heavy atom. The fourth-order valence-electron chi connectivity index (χ4n) is 5.69. The molecule has 0 saturated carbocycles. The molecule has 2 fully saturated rings. The molecule has 6 heteroatoms. The van der Waals surface area contributed by atoms with Crippen molar-refractivity contribution in [3.8, 4) is 0 Å². The molecule has 0 bridgehead atoms. The minimum absolute atomic E-state index is 0.0304. The summed E-state index contributed by atoms with van der Waals surface area (Å²) in [5.74, 6) is 0.924. The largest absolute Gasteiger partial charge is 0.341 e. The highest BCUT2D eigenvalue weighted by molar-refractivity contribution is 5.81. The van der Waals surface area contributed by atoms with Crippen molar-refractivity contribution in [2.75, 3.05) is 26.2 Å². The third-order valence-electron chi connectivity index (χ3n) is 7.69. The van der Waals surface area contributed by atoms with Gasteiger partial charge in [0.05, 0.1) is 17.1 Å². The Kier molecular flexibility index (Phi) is 6.36. The first-order valence-electron chi connectivity index (χ1n) is 12.4. The number of hydrogen-bond donors (Lipinski definition) is 1. The lowest BCUT2D eigenvalue weighted by Crippen LogP contribution is -2.51. The molecule has 1 atom stereocenters. The minimum Gasteiger partial charge on any atom is -0.341 e. The molecular weight excluding hydrogens is 412 g/mol. The van der Waals surface area contributed by atoms with Crippen LogP contribution in [0.25, 0.3) is 11.0 Å². The van der Waals surface area contributed by atoms with Gasteiger partial charge < -0.3 is 9.88 Å². The summed E-state index contributed by atoms with van der Waals surface area (Å²) in [6.45, 7) is 5.46. The number of fused-ring (bicyclic) bond motifs is 1. The molecule has 2 saturated heterocycles. The number of carbonyl (C=O) groups is 1. The number of imidazole rings is 1. The number of benzene rings is 2. The number of aromatic nitrogens is 2. The number of amides is 1. The quantitative estimate of drug-likeness (QED) is 0.648. The van der Waals surface area contributed by atoms with Gasteiger partial charge in [-0.3, -0.25) is 14.3 Å². The predicted octanol–water partition coefficient (Wildman–Crippen LogP) is 3.84. The summed E-state index contributed by atoms with van der Waals surface area (Å²) >= 11 is 0. The van der Waals surface area contributed by atoms with Crippen molar-refractivity contribution >= 4 is 16.9 Å². The Morgan fingerprint density at radius 1 is 0.939 bits per heavy atom. The van der Waals surface area contributed by atoms with Gasteiger partial charge in [-0.15, -0.1) is 0 Å². The first-order chi connectivity index (χ1) is 16.1. The van der Waals surface area contributed by atoms with Gasteiger partial charge in [-0.05, 0) is 62.6 Å². The molecule has 2 aliphatic rings. The highest BCUT2D eigenvalue weighted by atomic mass is 16.2. The highest BCUT2D eigenvalue weighted by Gasteiger charge is 2.32. The van der Waals surface area contributed by atoms with Crippen molar-refractivity contribution in [3.05, 3.63) is 70.6 Å². The molecule has 2 aromatic carbocycles. The summed E-state index contributed by atoms with van der Waals surface area (Å²) in [4.78, 5) is 33.1. The predicted molar refractivity (Wildman–Crippen MR) is 131 cm³/mol. The standard InChI is InChI=1S/C27H34N4O2/c1-20(26(32)30-15-11-22(12-16-30)19-21-7-3-2-4-8-21)29-17-13-23(14-18-29)31-25-10-6-5-9-24(25)28-27(31)33/h2-10,20,22-23H,11-19H2,1H3,(H,28,33)/t20-/m0/s1. The van der Waals surface area contributed by atoms with E-state index in [9.17, 15) is 9.59 Å². The molecule has 0 spiro atoms. The number of likely N-dealkylation sites (tertiary alicyclic amines) is 2. The lowest BCUT2D eigenvalue weighted by atomic mass is 9.90. The van der Waals surface area contributed by atoms with E-state index in [-0.39, 0.29) is 23.7 Å². The summed E-state index contributed by atoms with van der Waals surface area (Å²) in [5.41, 5.74) is 3.23. The zero-order valence-electron chi connectivity index (χ0n) is 19.5. The van der Waals surface area contributed by atoms with Crippen molar-refractivity contribution in [2.24, 2.45) is 5.92 Å². The lowest BCUT2D eigenvalue weighted by Gasteiger charge is -2.39. The van der Waals surface area contributed by atoms with Crippen molar-refractivity contribution in [2.45, 2.75) is 51.1 Å². The fraction of sp³-hybridized carbons (Fsp3) is 0.481. The van der Waals surface area contributed by atoms with Gasteiger partial charge in [0.2, 0.25) is 5.91 Å². The minimum atomic E-state index is -0.101. The van der Waals surface area contributed by atoms with Gasteiger partial charge >= 0.3 is 5.69 Å². The van der Waals surface area contributed by atoms with Crippen LogP contribution in [0.2, 0.25) is 0 Å². The molecule has 1 amide bonds. The average molecular weight is 447 g/mol. The number of piperidine rings is 2. The molecule has 5 rings (SSSR count). The Bertz CT molecular complexity index is 1140. The Labute approximate surface area is 195 Å². The molecule has 33 heavy (non-hydrogen) atoms. The van der Waals surface area contributed by atoms with Gasteiger partial charge in [-0.1, -0.05) is 42.5 Å². The maximum atomic E-state index is 13.2. The van der Waals surface area contributed by atoms with Crippen LogP contribution < -0.4 is 5.69 Å². The number of hydrogen-bond acceptors (Lipinski definition) is 3. The SMILES string of the molecule is C[C@@H](C(=O)N1CCC(Cc2ccccc2)CC1)N1CCC(n2c(=O)[nH]c3ccccc32)CC1. The van der Waals surface area contributed by atoms with Gasteiger partial charge in [0.15, 0.2) is 0 Å². The summed E-state index contributed by atoms with van der Waals surface area (Å²) in [6, 6.07) is 18.6. The Morgan fingerprint density at radius 2 is 1.61 bits per heavy atom. The second kappa shape index (κ2) is 9.56. The van der Waals surface area contributed by atoms with Gasteiger partial charge in [-0.25, -0.2) is 4.79 Å². The van der Waals surface area contributed by atoms with Gasteiger partial charge in [0, 0.05) is 32.2 Å². The van der Waals surface area contributed by atoms with Gasteiger partial charge in [-0.2, -0.15) is 0 Å². The average Bonchev–Trinajstić information content (AvgIpc) is 3.20. The van der Waals surface area contributed by atoms with E-state index in [2.05, 4.69) is 52.0 Å². The molecule has 3 heterocycles. The van der Waals surface area contributed by atoms with E-state index in [1.807, 2.05) is 28.8 Å². The van der Waals surface area contributed by atoms with Crippen molar-refractivity contribution in [1.29, 1.82) is 0 Å². The van der Waals surface area contributed by atoms with Crippen LogP contribution in [0.4, 0.5) is 0 Å². The number of H-pyrrole nitrogens is 1. The molecular formula is C27H34N4O2. The molecule has 0 radical (unpaired) electrons. The van der Waals surface area contributed by atoms with E-state index < -0.39 is 0 Å². The van der Waals surface area contributed by atoms with Crippen LogP contribution in [-0.2, 0) is 11.2 Å². The number of rotatable bonds is 5. The zero-order chi connectivity index (χ0) is 22.8. The molecule has 6 nitrogen and oxygen atoms in total. The van der Waals surface area contributed by atoms with Crippen LogP contribution >= 0.6 is 0 Å². The van der Waals surface area contributed by atoms with Gasteiger partial charge in [0.1, 0.15) is 0 Å². The topological polar surface area (TPSA) is 61.3 Å². The Hall–Kier alpha value is -2.86. The molecule has 1 N–H and O–H groups in total. The van der Waals surface area contributed by atoms with E-state index >= 15 is 0 Å². The first kappa shape index (κ1) is 22.0. The number of carbonyl (C=O) groups excluding carboxylic acids is 1. The second-order valence-electron chi connectivity index (χ2n) is 9.72. The normalized spacial score (nSPS) is 19.7. The fourth-order valence-corrected chi connectivity index (χ4v) is 5.69. The smallest absolute Gasteiger partial charge is 0.326 e. The summed E-state index contributed by atoms with van der Waals surface area (Å²) in [5, 5.41) is 0.